The lowest BCUT2D eigenvalue weighted by Gasteiger charge is -2.18. The van der Waals surface area contributed by atoms with Gasteiger partial charge in [0.1, 0.15) is 12.1 Å². The fourth-order valence-corrected chi connectivity index (χ4v) is 4.18. The van der Waals surface area contributed by atoms with E-state index >= 15 is 0 Å². The lowest BCUT2D eigenvalue weighted by Crippen LogP contribution is -2.12. The number of nitrogens with one attached hydrogen (secondary N) is 1. The second-order valence-corrected chi connectivity index (χ2v) is 7.19. The molecule has 126 valence electrons. The van der Waals surface area contributed by atoms with Crippen LogP contribution in [0.1, 0.15) is 16.5 Å². The number of aromatic hydroxyl groups is 1. The fraction of sp³-hybridized carbons (Fsp3) is 0.111. The van der Waals surface area contributed by atoms with Crippen LogP contribution < -0.4 is 5.32 Å². The molecule has 0 saturated carbocycles. The number of phenols is 1. The summed E-state index contributed by atoms with van der Waals surface area (Å²) in [5.74, 6) is 0.942. The number of phenolic OH excluding ortho intramolecular Hbond substituents is 1. The van der Waals surface area contributed by atoms with E-state index in [-0.39, 0.29) is 16.9 Å². The van der Waals surface area contributed by atoms with Crippen molar-refractivity contribution in [2.45, 2.75) is 5.25 Å². The number of nitrogens with zero attached hydrogens (tertiary/aromatic N) is 2. The summed E-state index contributed by atoms with van der Waals surface area (Å²) < 4.78 is 1.93. The highest BCUT2D eigenvalue weighted by Crippen LogP contribution is 2.42. The summed E-state index contributed by atoms with van der Waals surface area (Å²) in [7, 11) is 0. The molecule has 1 atom stereocenters. The molecule has 1 aliphatic rings. The van der Waals surface area contributed by atoms with Crippen molar-refractivity contribution in [3.63, 3.8) is 0 Å². The highest BCUT2D eigenvalue weighted by molar-refractivity contribution is 8.00. The van der Waals surface area contributed by atoms with Crippen LogP contribution in [-0.4, -0.2) is 26.3 Å². The number of rotatable bonds is 2. The zero-order valence-electron chi connectivity index (χ0n) is 13.0. The number of fused-ring (bicyclic) bond motifs is 1. The third kappa shape index (κ3) is 3.10. The zero-order chi connectivity index (χ0) is 17.4. The van der Waals surface area contributed by atoms with E-state index in [1.165, 1.54) is 11.8 Å². The average molecular weight is 372 g/mol. The lowest BCUT2D eigenvalue weighted by molar-refractivity contribution is -0.113. The molecule has 0 bridgehead atoms. The van der Waals surface area contributed by atoms with Crippen molar-refractivity contribution >= 4 is 35.1 Å². The molecule has 25 heavy (non-hydrogen) atoms. The smallest absolute Gasteiger partial charge is 0.235 e. The Labute approximate surface area is 153 Å². The van der Waals surface area contributed by atoms with Gasteiger partial charge in [0, 0.05) is 10.7 Å². The van der Waals surface area contributed by atoms with Crippen molar-refractivity contribution in [3.05, 3.63) is 71.1 Å². The molecule has 0 unspecified atom stereocenters. The Balaban J connectivity index is 1.89. The summed E-state index contributed by atoms with van der Waals surface area (Å²) >= 11 is 7.63. The molecule has 1 aliphatic heterocycles. The number of thioether (sulfide) groups is 1. The predicted molar refractivity (Wildman–Crippen MR) is 99.6 cm³/mol. The van der Waals surface area contributed by atoms with Crippen LogP contribution in [0.5, 0.6) is 5.75 Å². The van der Waals surface area contributed by atoms with E-state index in [2.05, 4.69) is 10.3 Å². The monoisotopic (exact) mass is 371 g/mol. The SMILES string of the molecule is O=C1CS[C@@H](c2cccc(O)c2)c2c(ncn2-c2cccc(Cl)c2)N1. The van der Waals surface area contributed by atoms with Crippen LogP contribution in [0.25, 0.3) is 5.69 Å². The Morgan fingerprint density at radius 2 is 2.08 bits per heavy atom. The molecule has 2 N–H and O–H groups in total. The predicted octanol–water partition coefficient (Wildman–Crippen LogP) is 4.01. The quantitative estimate of drug-likeness (QED) is 0.714. The second kappa shape index (κ2) is 6.46. The van der Waals surface area contributed by atoms with Gasteiger partial charge in [0.05, 0.1) is 16.7 Å². The minimum atomic E-state index is -0.150. The van der Waals surface area contributed by atoms with E-state index in [1.807, 2.05) is 34.9 Å². The largest absolute Gasteiger partial charge is 0.508 e. The number of carbonyl (C=O) groups is 1. The Morgan fingerprint density at radius 3 is 2.88 bits per heavy atom. The summed E-state index contributed by atoms with van der Waals surface area (Å²) in [6.07, 6.45) is 1.68. The number of hydrogen-bond donors (Lipinski definition) is 2. The molecule has 5 nitrogen and oxygen atoms in total. The van der Waals surface area contributed by atoms with Gasteiger partial charge in [-0.15, -0.1) is 11.8 Å². The van der Waals surface area contributed by atoms with Crippen molar-refractivity contribution in [1.29, 1.82) is 0 Å². The summed E-state index contributed by atoms with van der Waals surface area (Å²) in [4.78, 5) is 16.4. The van der Waals surface area contributed by atoms with Gasteiger partial charge in [0.2, 0.25) is 5.91 Å². The summed E-state index contributed by atoms with van der Waals surface area (Å²) in [5.41, 5.74) is 2.62. The molecule has 0 saturated heterocycles. The number of aromatic nitrogens is 2. The molecule has 0 spiro atoms. The van der Waals surface area contributed by atoms with Crippen LogP contribution in [0.2, 0.25) is 5.02 Å². The van der Waals surface area contributed by atoms with Crippen LogP contribution in [0.3, 0.4) is 0 Å². The molecule has 0 radical (unpaired) electrons. The van der Waals surface area contributed by atoms with Crippen LogP contribution >= 0.6 is 23.4 Å². The Morgan fingerprint density at radius 1 is 1.24 bits per heavy atom. The van der Waals surface area contributed by atoms with E-state index in [9.17, 15) is 9.90 Å². The molecule has 3 aromatic rings. The van der Waals surface area contributed by atoms with E-state index < -0.39 is 0 Å². The lowest BCUT2D eigenvalue weighted by atomic mass is 10.1. The second-order valence-electron chi connectivity index (χ2n) is 5.66. The normalized spacial score (nSPS) is 16.8. The first-order valence-corrected chi connectivity index (χ1v) is 9.08. The number of hydrogen-bond acceptors (Lipinski definition) is 4. The first kappa shape index (κ1) is 16.1. The molecule has 0 fully saturated rings. The fourth-order valence-electron chi connectivity index (χ4n) is 2.88. The highest BCUT2D eigenvalue weighted by atomic mass is 35.5. The number of halogens is 1. The van der Waals surface area contributed by atoms with Gasteiger partial charge < -0.3 is 10.4 Å². The molecule has 4 rings (SSSR count). The van der Waals surface area contributed by atoms with Gasteiger partial charge in [-0.25, -0.2) is 4.98 Å². The molecule has 2 heterocycles. The third-order valence-corrected chi connectivity index (χ3v) is 5.44. The number of imidazole rings is 1. The molecule has 2 aromatic carbocycles. The highest BCUT2D eigenvalue weighted by Gasteiger charge is 2.29. The van der Waals surface area contributed by atoms with Crippen molar-refractivity contribution in [3.8, 4) is 11.4 Å². The number of amides is 1. The Kier molecular flexibility index (Phi) is 4.15. The summed E-state index contributed by atoms with van der Waals surface area (Å²) in [6.45, 7) is 0. The van der Waals surface area contributed by atoms with Crippen molar-refractivity contribution in [1.82, 2.24) is 9.55 Å². The third-order valence-electron chi connectivity index (χ3n) is 3.95. The van der Waals surface area contributed by atoms with Crippen LogP contribution in [0.4, 0.5) is 5.82 Å². The van der Waals surface area contributed by atoms with Crippen LogP contribution in [0, 0.1) is 0 Å². The van der Waals surface area contributed by atoms with E-state index in [0.29, 0.717) is 16.6 Å². The maximum atomic E-state index is 12.0. The maximum Gasteiger partial charge on any atom is 0.235 e. The topological polar surface area (TPSA) is 67.1 Å². The van der Waals surface area contributed by atoms with Crippen molar-refractivity contribution < 1.29 is 9.90 Å². The standard InChI is InChI=1S/C18H14ClN3O2S/c19-12-4-2-5-13(8-12)22-10-20-18-16(22)17(25-9-15(24)21-18)11-3-1-6-14(23)7-11/h1-8,10,17,23H,9H2,(H,21,24)/t17-/m0/s1. The minimum absolute atomic E-state index is 0.0924. The van der Waals surface area contributed by atoms with Gasteiger partial charge in [0.25, 0.3) is 0 Å². The van der Waals surface area contributed by atoms with Crippen LogP contribution in [0.15, 0.2) is 54.9 Å². The van der Waals surface area contributed by atoms with Gasteiger partial charge in [0.15, 0.2) is 5.82 Å². The number of anilines is 1. The summed E-state index contributed by atoms with van der Waals surface area (Å²) in [5, 5.41) is 13.2. The van der Waals surface area contributed by atoms with E-state index in [4.69, 9.17) is 11.6 Å². The average Bonchev–Trinajstić information content (AvgIpc) is 2.91. The van der Waals surface area contributed by atoms with E-state index in [1.54, 1.807) is 24.5 Å². The van der Waals surface area contributed by atoms with Crippen LogP contribution in [-0.2, 0) is 4.79 Å². The molecule has 1 amide bonds. The van der Waals surface area contributed by atoms with Gasteiger partial charge in [-0.1, -0.05) is 29.8 Å². The zero-order valence-corrected chi connectivity index (χ0v) is 14.6. The van der Waals surface area contributed by atoms with Gasteiger partial charge in [-0.3, -0.25) is 9.36 Å². The Bertz CT molecular complexity index is 957. The first-order valence-electron chi connectivity index (χ1n) is 7.65. The minimum Gasteiger partial charge on any atom is -0.508 e. The number of benzene rings is 2. The first-order chi connectivity index (χ1) is 12.1. The number of carbonyl (C=O) groups excluding carboxylic acids is 1. The van der Waals surface area contributed by atoms with Crippen molar-refractivity contribution in [2.24, 2.45) is 0 Å². The maximum absolute atomic E-state index is 12.0. The molecule has 1 aromatic heterocycles. The molecular weight excluding hydrogens is 358 g/mol. The molecule has 0 aliphatic carbocycles. The Hall–Kier alpha value is -2.44. The summed E-state index contributed by atoms with van der Waals surface area (Å²) in [6, 6.07) is 14.5. The van der Waals surface area contributed by atoms with Gasteiger partial charge in [-0.05, 0) is 35.9 Å². The van der Waals surface area contributed by atoms with Gasteiger partial charge in [-0.2, -0.15) is 0 Å². The molecular formula is C18H14ClN3O2S. The van der Waals surface area contributed by atoms with E-state index in [0.717, 1.165) is 16.9 Å². The van der Waals surface area contributed by atoms with Gasteiger partial charge >= 0.3 is 0 Å². The van der Waals surface area contributed by atoms with Crippen molar-refractivity contribution in [2.75, 3.05) is 11.1 Å². The molecule has 7 heteroatoms.